The van der Waals surface area contributed by atoms with Crippen LogP contribution in [0.25, 0.3) is 0 Å². The first-order valence-corrected chi connectivity index (χ1v) is 6.72. The standard InChI is InChI=1S/C13H12F4N2S/c1-2-10-11(20-12(18)19-10)6-7-5-8(13(15,16)17)3-4-9(7)14/h3-5H,2,6H2,1H3,(H2,18,19). The zero-order valence-electron chi connectivity index (χ0n) is 10.6. The van der Waals surface area contributed by atoms with Gasteiger partial charge in [-0.2, -0.15) is 13.2 Å². The van der Waals surface area contributed by atoms with E-state index in [2.05, 4.69) is 4.98 Å². The number of alkyl halides is 3. The average molecular weight is 304 g/mol. The molecule has 0 atom stereocenters. The number of hydrogen-bond donors (Lipinski definition) is 1. The van der Waals surface area contributed by atoms with Gasteiger partial charge in [0.15, 0.2) is 5.13 Å². The number of halogens is 4. The number of aromatic nitrogens is 1. The minimum absolute atomic E-state index is 0.00169. The maximum atomic E-state index is 13.7. The van der Waals surface area contributed by atoms with Crippen molar-refractivity contribution in [3.63, 3.8) is 0 Å². The van der Waals surface area contributed by atoms with Crippen LogP contribution in [0.1, 0.15) is 28.6 Å². The SMILES string of the molecule is CCc1nc(N)sc1Cc1cc(C(F)(F)F)ccc1F. The van der Waals surface area contributed by atoms with E-state index in [1.807, 2.05) is 6.92 Å². The van der Waals surface area contributed by atoms with E-state index in [1.54, 1.807) is 0 Å². The molecule has 0 aliphatic rings. The molecule has 108 valence electrons. The van der Waals surface area contributed by atoms with Crippen LogP contribution in [-0.4, -0.2) is 4.98 Å². The lowest BCUT2D eigenvalue weighted by Gasteiger charge is -2.09. The van der Waals surface area contributed by atoms with Crippen molar-refractivity contribution in [2.24, 2.45) is 0 Å². The van der Waals surface area contributed by atoms with Crippen LogP contribution in [0.15, 0.2) is 18.2 Å². The van der Waals surface area contributed by atoms with Crippen LogP contribution < -0.4 is 5.73 Å². The second-order valence-electron chi connectivity index (χ2n) is 4.26. The minimum Gasteiger partial charge on any atom is -0.375 e. The van der Waals surface area contributed by atoms with E-state index in [1.165, 1.54) is 11.3 Å². The van der Waals surface area contributed by atoms with Gasteiger partial charge in [-0.1, -0.05) is 6.92 Å². The Kier molecular flexibility index (Phi) is 3.99. The number of nitrogens with zero attached hydrogens (tertiary/aromatic N) is 1. The van der Waals surface area contributed by atoms with E-state index >= 15 is 0 Å². The second-order valence-corrected chi connectivity index (χ2v) is 5.37. The number of anilines is 1. The summed E-state index contributed by atoms with van der Waals surface area (Å²) in [5.41, 5.74) is 5.42. The maximum Gasteiger partial charge on any atom is 0.416 e. The Hall–Kier alpha value is -1.63. The van der Waals surface area contributed by atoms with Crippen molar-refractivity contribution in [3.05, 3.63) is 45.7 Å². The molecular weight excluding hydrogens is 292 g/mol. The van der Waals surface area contributed by atoms with Crippen LogP contribution in [0, 0.1) is 5.82 Å². The van der Waals surface area contributed by atoms with Gasteiger partial charge in [-0.3, -0.25) is 0 Å². The summed E-state index contributed by atoms with van der Waals surface area (Å²) in [6.07, 6.45) is -3.82. The molecule has 20 heavy (non-hydrogen) atoms. The fraction of sp³-hybridized carbons (Fsp3) is 0.308. The molecule has 0 saturated carbocycles. The third-order valence-corrected chi connectivity index (χ3v) is 3.78. The molecule has 0 fully saturated rings. The lowest BCUT2D eigenvalue weighted by atomic mass is 10.0. The monoisotopic (exact) mass is 304 g/mol. The van der Waals surface area contributed by atoms with Gasteiger partial charge in [0.05, 0.1) is 11.3 Å². The first-order valence-electron chi connectivity index (χ1n) is 5.91. The van der Waals surface area contributed by atoms with Gasteiger partial charge in [-0.25, -0.2) is 9.37 Å². The molecule has 0 aliphatic heterocycles. The first-order chi connectivity index (χ1) is 9.31. The number of benzene rings is 1. The third kappa shape index (κ3) is 3.09. The molecule has 0 amide bonds. The van der Waals surface area contributed by atoms with Gasteiger partial charge in [0.1, 0.15) is 5.82 Å². The zero-order chi connectivity index (χ0) is 14.9. The molecule has 0 unspecified atom stereocenters. The summed E-state index contributed by atoms with van der Waals surface area (Å²) in [4.78, 5) is 4.78. The lowest BCUT2D eigenvalue weighted by Crippen LogP contribution is -2.06. The molecule has 2 aromatic rings. The molecule has 0 aliphatic carbocycles. The highest BCUT2D eigenvalue weighted by molar-refractivity contribution is 7.15. The van der Waals surface area contributed by atoms with Gasteiger partial charge >= 0.3 is 6.18 Å². The largest absolute Gasteiger partial charge is 0.416 e. The Morgan fingerprint density at radius 2 is 2.00 bits per heavy atom. The van der Waals surface area contributed by atoms with Gasteiger partial charge in [0, 0.05) is 11.3 Å². The molecule has 2 nitrogen and oxygen atoms in total. The fourth-order valence-corrected chi connectivity index (χ4v) is 2.82. The minimum atomic E-state index is -4.48. The van der Waals surface area contributed by atoms with E-state index in [0.717, 1.165) is 18.2 Å². The van der Waals surface area contributed by atoms with Gasteiger partial charge in [0.25, 0.3) is 0 Å². The Balaban J connectivity index is 2.37. The Morgan fingerprint density at radius 1 is 1.30 bits per heavy atom. The first kappa shape index (κ1) is 14.8. The second kappa shape index (κ2) is 5.40. The topological polar surface area (TPSA) is 38.9 Å². The lowest BCUT2D eigenvalue weighted by molar-refractivity contribution is -0.137. The predicted molar refractivity (Wildman–Crippen MR) is 70.1 cm³/mol. The molecule has 0 radical (unpaired) electrons. The van der Waals surface area contributed by atoms with Crippen molar-refractivity contribution in [3.8, 4) is 0 Å². The van der Waals surface area contributed by atoms with Crippen LogP contribution in [0.3, 0.4) is 0 Å². The number of hydrogen-bond acceptors (Lipinski definition) is 3. The highest BCUT2D eigenvalue weighted by atomic mass is 32.1. The summed E-state index contributed by atoms with van der Waals surface area (Å²) >= 11 is 1.17. The Morgan fingerprint density at radius 3 is 2.60 bits per heavy atom. The molecule has 1 aromatic carbocycles. The number of thiazole rings is 1. The summed E-state index contributed by atoms with van der Waals surface area (Å²) in [5.74, 6) is -0.660. The van der Waals surface area contributed by atoms with Crippen molar-refractivity contribution in [2.75, 3.05) is 5.73 Å². The van der Waals surface area contributed by atoms with Gasteiger partial charge in [-0.05, 0) is 30.2 Å². The normalized spacial score (nSPS) is 11.8. The quantitative estimate of drug-likeness (QED) is 0.869. The highest BCUT2D eigenvalue weighted by Gasteiger charge is 2.31. The Bertz CT molecular complexity index is 619. The maximum absolute atomic E-state index is 13.7. The molecule has 1 aromatic heterocycles. The number of nitrogen functional groups attached to an aromatic ring is 1. The highest BCUT2D eigenvalue weighted by Crippen LogP contribution is 2.32. The van der Waals surface area contributed by atoms with Crippen LogP contribution in [0.4, 0.5) is 22.7 Å². The van der Waals surface area contributed by atoms with Gasteiger partial charge < -0.3 is 5.73 Å². The molecular formula is C13H12F4N2S. The molecule has 1 heterocycles. The van der Waals surface area contributed by atoms with Crippen LogP contribution in [0.5, 0.6) is 0 Å². The van der Waals surface area contributed by atoms with Gasteiger partial charge in [-0.15, -0.1) is 11.3 Å². The number of aryl methyl sites for hydroxylation is 1. The molecule has 0 spiro atoms. The molecule has 0 saturated heterocycles. The van der Waals surface area contributed by atoms with E-state index in [4.69, 9.17) is 5.73 Å². The van der Waals surface area contributed by atoms with Crippen molar-refractivity contribution in [2.45, 2.75) is 25.9 Å². The number of rotatable bonds is 3. The summed E-state index contributed by atoms with van der Waals surface area (Å²) in [7, 11) is 0. The Labute approximate surface area is 117 Å². The predicted octanol–water partition coefficient (Wildman–Crippen LogP) is 4.04. The van der Waals surface area contributed by atoms with E-state index in [-0.39, 0.29) is 12.0 Å². The fourth-order valence-electron chi connectivity index (χ4n) is 1.88. The molecule has 7 heteroatoms. The molecule has 2 rings (SSSR count). The average Bonchev–Trinajstić information content (AvgIpc) is 2.71. The van der Waals surface area contributed by atoms with E-state index < -0.39 is 17.6 Å². The van der Waals surface area contributed by atoms with Crippen LogP contribution >= 0.6 is 11.3 Å². The summed E-state index contributed by atoms with van der Waals surface area (Å²) in [6, 6.07) is 2.42. The van der Waals surface area contributed by atoms with Crippen molar-refractivity contribution in [1.29, 1.82) is 0 Å². The van der Waals surface area contributed by atoms with Crippen LogP contribution in [0.2, 0.25) is 0 Å². The van der Waals surface area contributed by atoms with Crippen molar-refractivity contribution >= 4 is 16.5 Å². The van der Waals surface area contributed by atoms with Crippen molar-refractivity contribution in [1.82, 2.24) is 4.98 Å². The van der Waals surface area contributed by atoms with Crippen molar-refractivity contribution < 1.29 is 17.6 Å². The summed E-state index contributed by atoms with van der Waals surface area (Å²) in [5, 5.41) is 0.337. The smallest absolute Gasteiger partial charge is 0.375 e. The van der Waals surface area contributed by atoms with E-state index in [0.29, 0.717) is 22.1 Å². The van der Waals surface area contributed by atoms with Gasteiger partial charge in [0.2, 0.25) is 0 Å². The summed E-state index contributed by atoms with van der Waals surface area (Å²) < 4.78 is 51.6. The zero-order valence-corrected chi connectivity index (χ0v) is 11.4. The number of nitrogens with two attached hydrogens (primary N) is 1. The third-order valence-electron chi connectivity index (χ3n) is 2.85. The molecule has 0 bridgehead atoms. The van der Waals surface area contributed by atoms with Crippen LogP contribution in [-0.2, 0) is 19.0 Å². The summed E-state index contributed by atoms with van der Waals surface area (Å²) in [6.45, 7) is 1.86. The molecule has 2 N–H and O–H groups in total. The van der Waals surface area contributed by atoms with E-state index in [9.17, 15) is 17.6 Å².